The van der Waals surface area contributed by atoms with Gasteiger partial charge in [-0.2, -0.15) is 0 Å². The number of carbonyl (C=O) groups is 1. The molecule has 1 aliphatic rings. The van der Waals surface area contributed by atoms with Crippen LogP contribution in [0.15, 0.2) is 36.5 Å². The number of hydrogen-bond donors (Lipinski definition) is 2. The maximum Gasteiger partial charge on any atom is 0.182 e. The molecule has 2 unspecified atom stereocenters. The molecule has 5 nitrogen and oxygen atoms in total. The van der Waals surface area contributed by atoms with E-state index in [2.05, 4.69) is 11.9 Å². The first kappa shape index (κ1) is 28.0. The summed E-state index contributed by atoms with van der Waals surface area (Å²) < 4.78 is 0. The summed E-state index contributed by atoms with van der Waals surface area (Å²) in [4.78, 5) is 19.9. The molecule has 0 spiro atoms. The van der Waals surface area contributed by atoms with Gasteiger partial charge in [0.15, 0.2) is 5.78 Å². The summed E-state index contributed by atoms with van der Waals surface area (Å²) in [6.07, 6.45) is 3.80. The number of phenols is 1. The minimum atomic E-state index is -0.295. The normalized spacial score (nSPS) is 18.7. The number of aromatic hydroxyl groups is 1. The number of phenolic OH excluding ortho intramolecular Hbond substituents is 1. The zero-order chi connectivity index (χ0) is 24.6. The Bertz CT molecular complexity index is 987. The van der Waals surface area contributed by atoms with E-state index in [1.165, 1.54) is 0 Å². The number of amidine groups is 1. The minimum absolute atomic E-state index is 0. The summed E-state index contributed by atoms with van der Waals surface area (Å²) >= 11 is 0. The van der Waals surface area contributed by atoms with Gasteiger partial charge < -0.3 is 10.0 Å². The second kappa shape index (κ2) is 10.6. The highest BCUT2D eigenvalue weighted by atomic mass is 79.9. The van der Waals surface area contributed by atoms with Crippen molar-refractivity contribution < 1.29 is 9.90 Å². The molecule has 2 N–H and O–H groups in total. The fraction of sp³-hybridized carbons (Fsp3) is 0.536. The largest absolute Gasteiger partial charge is 0.507 e. The van der Waals surface area contributed by atoms with Crippen molar-refractivity contribution >= 4 is 28.6 Å². The Morgan fingerprint density at radius 3 is 2.18 bits per heavy atom. The van der Waals surface area contributed by atoms with Crippen LogP contribution in [0.4, 0.5) is 0 Å². The third-order valence-electron chi connectivity index (χ3n) is 6.61. The van der Waals surface area contributed by atoms with Crippen molar-refractivity contribution in [2.24, 2.45) is 5.92 Å². The van der Waals surface area contributed by atoms with Crippen molar-refractivity contribution in [2.75, 3.05) is 13.1 Å². The Labute approximate surface area is 215 Å². The number of aromatic nitrogens is 1. The van der Waals surface area contributed by atoms with Crippen molar-refractivity contribution in [1.82, 2.24) is 9.88 Å². The monoisotopic (exact) mass is 529 g/mol. The van der Waals surface area contributed by atoms with Gasteiger partial charge in [-0.3, -0.25) is 15.2 Å². The molecule has 0 radical (unpaired) electrons. The number of nitrogens with zero attached hydrogens (tertiary/aromatic N) is 2. The molecule has 1 fully saturated rings. The lowest BCUT2D eigenvalue weighted by atomic mass is 9.78. The van der Waals surface area contributed by atoms with Crippen molar-refractivity contribution in [3.05, 3.63) is 58.9 Å². The van der Waals surface area contributed by atoms with E-state index in [9.17, 15) is 9.90 Å². The molecule has 6 heteroatoms. The van der Waals surface area contributed by atoms with E-state index in [0.29, 0.717) is 17.9 Å². The van der Waals surface area contributed by atoms with Crippen molar-refractivity contribution in [2.45, 2.75) is 78.1 Å². The standard InChI is InChI=1S/C28H39N3O2.BrH/c1-8-11-18-16-31(26(29)24(18)22-12-9-10-13-30-22)17-23(32)19-14-20(27(2,3)4)25(33)21(15-19)28(5,6)7;/h9-10,12-15,18,24,29,33H,8,11,16-17H2,1-7H3;1H. The number of rotatable bonds is 6. The first-order chi connectivity index (χ1) is 15.3. The number of likely N-dealkylation sites (tertiary alicyclic amines) is 1. The van der Waals surface area contributed by atoms with Gasteiger partial charge in [0.05, 0.1) is 18.2 Å². The second-order valence-electron chi connectivity index (χ2n) is 11.4. The van der Waals surface area contributed by atoms with Gasteiger partial charge >= 0.3 is 0 Å². The Morgan fingerprint density at radius 2 is 1.71 bits per heavy atom. The van der Waals surface area contributed by atoms with E-state index in [1.807, 2.05) is 76.8 Å². The Hall–Kier alpha value is -2.21. The zero-order valence-electron chi connectivity index (χ0n) is 21.6. The van der Waals surface area contributed by atoms with E-state index in [-0.39, 0.29) is 57.7 Å². The van der Waals surface area contributed by atoms with Gasteiger partial charge in [0.25, 0.3) is 0 Å². The number of pyridine rings is 1. The first-order valence-electron chi connectivity index (χ1n) is 12.0. The Kier molecular flexibility index (Phi) is 8.73. The predicted octanol–water partition coefficient (Wildman–Crippen LogP) is 6.64. The topological polar surface area (TPSA) is 77.3 Å². The third-order valence-corrected chi connectivity index (χ3v) is 6.61. The summed E-state index contributed by atoms with van der Waals surface area (Å²) in [5.41, 5.74) is 2.48. The molecule has 0 amide bonds. The fourth-order valence-electron chi connectivity index (χ4n) is 4.83. The number of ketones is 1. The predicted molar refractivity (Wildman–Crippen MR) is 145 cm³/mol. The quantitative estimate of drug-likeness (QED) is 0.411. The highest BCUT2D eigenvalue weighted by molar-refractivity contribution is 8.93. The van der Waals surface area contributed by atoms with E-state index in [1.54, 1.807) is 6.20 Å². The van der Waals surface area contributed by atoms with Gasteiger partial charge in [0.1, 0.15) is 11.6 Å². The van der Waals surface area contributed by atoms with E-state index < -0.39 is 0 Å². The van der Waals surface area contributed by atoms with Crippen molar-refractivity contribution in [1.29, 1.82) is 5.41 Å². The molecule has 1 aromatic heterocycles. The van der Waals surface area contributed by atoms with Gasteiger partial charge in [0, 0.05) is 29.4 Å². The number of halogens is 1. The summed E-state index contributed by atoms with van der Waals surface area (Å²) in [7, 11) is 0. The van der Waals surface area contributed by atoms with Gasteiger partial charge in [-0.25, -0.2) is 0 Å². The molecule has 2 heterocycles. The third kappa shape index (κ3) is 5.88. The maximum absolute atomic E-state index is 13.5. The molecule has 1 aliphatic heterocycles. The van der Waals surface area contributed by atoms with Gasteiger partial charge in [0.2, 0.25) is 0 Å². The molecular formula is C28H40BrN3O2. The molecule has 2 aromatic rings. The lowest BCUT2D eigenvalue weighted by Crippen LogP contribution is -2.32. The van der Waals surface area contributed by atoms with Crippen LogP contribution in [0.3, 0.4) is 0 Å². The Balaban J connectivity index is 0.00000408. The molecule has 1 aromatic carbocycles. The number of Topliss-reactive ketones (excluding diaryl/α,β-unsaturated/α-hetero) is 1. The van der Waals surface area contributed by atoms with Gasteiger partial charge in [-0.15, -0.1) is 17.0 Å². The van der Waals surface area contributed by atoms with Crippen LogP contribution in [0.5, 0.6) is 5.75 Å². The molecule has 34 heavy (non-hydrogen) atoms. The molecule has 0 saturated carbocycles. The van der Waals surface area contributed by atoms with Crippen LogP contribution < -0.4 is 0 Å². The number of benzene rings is 1. The molecular weight excluding hydrogens is 490 g/mol. The number of carbonyl (C=O) groups excluding carboxylic acids is 1. The van der Waals surface area contributed by atoms with Crippen LogP contribution in [0.25, 0.3) is 0 Å². The molecule has 186 valence electrons. The van der Waals surface area contributed by atoms with Crippen LogP contribution in [0.2, 0.25) is 0 Å². The molecule has 1 saturated heterocycles. The Morgan fingerprint density at radius 1 is 1.12 bits per heavy atom. The fourth-order valence-corrected chi connectivity index (χ4v) is 4.83. The number of hydrogen-bond acceptors (Lipinski definition) is 4. The van der Waals surface area contributed by atoms with Crippen LogP contribution in [-0.2, 0) is 10.8 Å². The lowest BCUT2D eigenvalue weighted by Gasteiger charge is -2.28. The molecule has 0 aliphatic carbocycles. The first-order valence-corrected chi connectivity index (χ1v) is 12.0. The summed E-state index contributed by atoms with van der Waals surface area (Å²) in [5, 5.41) is 19.9. The number of nitrogens with one attached hydrogen (secondary N) is 1. The van der Waals surface area contributed by atoms with Crippen molar-refractivity contribution in [3.8, 4) is 5.75 Å². The lowest BCUT2D eigenvalue weighted by molar-refractivity contribution is 0.0963. The van der Waals surface area contributed by atoms with E-state index in [0.717, 1.165) is 29.7 Å². The highest BCUT2D eigenvalue weighted by Crippen LogP contribution is 2.40. The average molecular weight is 531 g/mol. The maximum atomic E-state index is 13.5. The van der Waals surface area contributed by atoms with Crippen molar-refractivity contribution in [3.63, 3.8) is 0 Å². The summed E-state index contributed by atoms with van der Waals surface area (Å²) in [5.74, 6) is 0.937. The van der Waals surface area contributed by atoms with E-state index >= 15 is 0 Å². The second-order valence-corrected chi connectivity index (χ2v) is 11.4. The van der Waals surface area contributed by atoms with Crippen LogP contribution in [0.1, 0.15) is 94.4 Å². The molecule has 3 rings (SSSR count). The SMILES string of the molecule is Br.CCCC1CN(CC(=O)c2cc(C(C)(C)C)c(O)c(C(C)(C)C)c2)C(=N)C1c1ccccn1. The summed E-state index contributed by atoms with van der Waals surface area (Å²) in [6, 6.07) is 9.52. The van der Waals surface area contributed by atoms with Crippen LogP contribution in [-0.4, -0.2) is 39.7 Å². The summed E-state index contributed by atoms with van der Waals surface area (Å²) in [6.45, 7) is 15.3. The van der Waals surface area contributed by atoms with E-state index in [4.69, 9.17) is 5.41 Å². The van der Waals surface area contributed by atoms with Crippen LogP contribution >= 0.6 is 17.0 Å². The van der Waals surface area contributed by atoms with Gasteiger partial charge in [-0.1, -0.05) is 61.0 Å². The smallest absolute Gasteiger partial charge is 0.182 e. The average Bonchev–Trinajstić information content (AvgIpc) is 3.02. The zero-order valence-corrected chi connectivity index (χ0v) is 23.3. The molecule has 0 bridgehead atoms. The van der Waals surface area contributed by atoms with Crippen LogP contribution in [0, 0.1) is 11.3 Å². The van der Waals surface area contributed by atoms with Gasteiger partial charge in [-0.05, 0) is 47.4 Å². The molecule has 2 atom stereocenters. The highest BCUT2D eigenvalue weighted by Gasteiger charge is 2.39. The minimum Gasteiger partial charge on any atom is -0.507 e.